The highest BCUT2D eigenvalue weighted by Gasteiger charge is 2.23. The van der Waals surface area contributed by atoms with E-state index in [2.05, 4.69) is 30.9 Å². The third-order valence-corrected chi connectivity index (χ3v) is 4.03. The first-order valence-corrected chi connectivity index (χ1v) is 6.28. The van der Waals surface area contributed by atoms with Crippen LogP contribution < -0.4 is 5.32 Å². The van der Waals surface area contributed by atoms with Crippen LogP contribution in [0.25, 0.3) is 0 Å². The second-order valence-electron chi connectivity index (χ2n) is 3.52. The van der Waals surface area contributed by atoms with Crippen LogP contribution in [-0.2, 0) is 0 Å². The van der Waals surface area contributed by atoms with Gasteiger partial charge in [0, 0.05) is 11.3 Å². The zero-order valence-corrected chi connectivity index (χ0v) is 9.12. The average Bonchev–Trinajstić information content (AvgIpc) is 2.59. The molecule has 1 fully saturated rings. The first-order valence-electron chi connectivity index (χ1n) is 5.23. The van der Waals surface area contributed by atoms with E-state index in [4.69, 9.17) is 0 Å². The Balaban J connectivity index is 2.22. The molecule has 1 saturated heterocycles. The van der Waals surface area contributed by atoms with Crippen molar-refractivity contribution >= 4 is 11.8 Å². The smallest absolute Gasteiger partial charge is 0.0201 e. The Kier molecular flexibility index (Phi) is 5.08. The molecule has 0 aliphatic carbocycles. The SMILES string of the molecule is CCCNC(CC)C1CCCS1. The molecule has 1 rings (SSSR count). The van der Waals surface area contributed by atoms with E-state index in [1.165, 1.54) is 38.0 Å². The van der Waals surface area contributed by atoms with E-state index in [1.807, 2.05) is 0 Å². The molecule has 2 atom stereocenters. The van der Waals surface area contributed by atoms with Gasteiger partial charge in [0.05, 0.1) is 0 Å². The van der Waals surface area contributed by atoms with Gasteiger partial charge in [-0.3, -0.25) is 0 Å². The minimum absolute atomic E-state index is 0.775. The lowest BCUT2D eigenvalue weighted by atomic mass is 10.1. The Morgan fingerprint density at radius 3 is 2.83 bits per heavy atom. The van der Waals surface area contributed by atoms with Crippen LogP contribution >= 0.6 is 11.8 Å². The highest BCUT2D eigenvalue weighted by Crippen LogP contribution is 2.29. The molecule has 2 heteroatoms. The fourth-order valence-corrected chi connectivity index (χ4v) is 3.28. The molecule has 0 saturated carbocycles. The third kappa shape index (κ3) is 2.98. The highest BCUT2D eigenvalue weighted by atomic mass is 32.2. The molecule has 1 aliphatic rings. The average molecular weight is 187 g/mol. The fourth-order valence-electron chi connectivity index (χ4n) is 1.79. The predicted octanol–water partition coefficient (Wildman–Crippen LogP) is 2.66. The summed E-state index contributed by atoms with van der Waals surface area (Å²) in [5, 5.41) is 4.54. The second-order valence-corrected chi connectivity index (χ2v) is 4.87. The van der Waals surface area contributed by atoms with Crippen molar-refractivity contribution in [3.8, 4) is 0 Å². The van der Waals surface area contributed by atoms with E-state index in [-0.39, 0.29) is 0 Å². The van der Waals surface area contributed by atoms with Crippen molar-refractivity contribution in [1.82, 2.24) is 5.32 Å². The van der Waals surface area contributed by atoms with Crippen molar-refractivity contribution in [2.45, 2.75) is 50.8 Å². The van der Waals surface area contributed by atoms with Crippen LogP contribution in [0.2, 0.25) is 0 Å². The lowest BCUT2D eigenvalue weighted by Crippen LogP contribution is -2.36. The van der Waals surface area contributed by atoms with Gasteiger partial charge in [-0.15, -0.1) is 0 Å². The zero-order chi connectivity index (χ0) is 8.81. The van der Waals surface area contributed by atoms with Gasteiger partial charge in [-0.1, -0.05) is 13.8 Å². The summed E-state index contributed by atoms with van der Waals surface area (Å²) in [5.74, 6) is 1.38. The molecule has 1 heterocycles. The van der Waals surface area contributed by atoms with Crippen LogP contribution in [0.15, 0.2) is 0 Å². The van der Waals surface area contributed by atoms with Crippen molar-refractivity contribution in [3.63, 3.8) is 0 Å². The molecule has 0 aromatic carbocycles. The molecule has 0 amide bonds. The highest BCUT2D eigenvalue weighted by molar-refractivity contribution is 8.00. The van der Waals surface area contributed by atoms with Crippen molar-refractivity contribution in [3.05, 3.63) is 0 Å². The van der Waals surface area contributed by atoms with Gasteiger partial charge in [0.15, 0.2) is 0 Å². The Hall–Kier alpha value is 0.310. The first-order chi connectivity index (χ1) is 5.88. The van der Waals surface area contributed by atoms with Gasteiger partial charge in [0.2, 0.25) is 0 Å². The third-order valence-electron chi connectivity index (χ3n) is 2.51. The molecule has 1 nitrogen and oxygen atoms in total. The van der Waals surface area contributed by atoms with Crippen molar-refractivity contribution in [1.29, 1.82) is 0 Å². The normalized spacial score (nSPS) is 26.0. The molecule has 2 unspecified atom stereocenters. The van der Waals surface area contributed by atoms with Crippen LogP contribution in [0, 0.1) is 0 Å². The quantitative estimate of drug-likeness (QED) is 0.710. The molecule has 0 aromatic heterocycles. The molecular formula is C10H21NS. The van der Waals surface area contributed by atoms with Gasteiger partial charge in [0.1, 0.15) is 0 Å². The molecule has 72 valence electrons. The Morgan fingerprint density at radius 1 is 1.50 bits per heavy atom. The standard InChI is InChI=1S/C10H21NS/c1-3-7-11-9(4-2)10-6-5-8-12-10/h9-11H,3-8H2,1-2H3. The largest absolute Gasteiger partial charge is 0.313 e. The van der Waals surface area contributed by atoms with Crippen LogP contribution in [0.4, 0.5) is 0 Å². The Bertz CT molecular complexity index is 110. The summed E-state index contributed by atoms with van der Waals surface area (Å²) >= 11 is 2.16. The number of nitrogens with one attached hydrogen (secondary N) is 1. The summed E-state index contributed by atoms with van der Waals surface area (Å²) in [6, 6.07) is 0.775. The molecule has 12 heavy (non-hydrogen) atoms. The number of thioether (sulfide) groups is 1. The van der Waals surface area contributed by atoms with Gasteiger partial charge in [-0.25, -0.2) is 0 Å². The molecule has 0 aromatic rings. The molecule has 0 radical (unpaired) electrons. The van der Waals surface area contributed by atoms with E-state index in [0.29, 0.717) is 0 Å². The van der Waals surface area contributed by atoms with E-state index in [1.54, 1.807) is 0 Å². The van der Waals surface area contributed by atoms with Crippen LogP contribution in [0.1, 0.15) is 39.5 Å². The van der Waals surface area contributed by atoms with Gasteiger partial charge in [0.25, 0.3) is 0 Å². The topological polar surface area (TPSA) is 12.0 Å². The van der Waals surface area contributed by atoms with Crippen molar-refractivity contribution in [2.24, 2.45) is 0 Å². The lowest BCUT2D eigenvalue weighted by Gasteiger charge is -2.22. The summed E-state index contributed by atoms with van der Waals surface area (Å²) < 4.78 is 0. The summed E-state index contributed by atoms with van der Waals surface area (Å²) in [6.07, 6.45) is 5.41. The van der Waals surface area contributed by atoms with Gasteiger partial charge < -0.3 is 5.32 Å². The second kappa shape index (κ2) is 5.87. The fraction of sp³-hybridized carbons (Fsp3) is 1.00. The maximum atomic E-state index is 3.64. The summed E-state index contributed by atoms with van der Waals surface area (Å²) in [6.45, 7) is 5.73. The monoisotopic (exact) mass is 187 g/mol. The first kappa shape index (κ1) is 10.4. The minimum atomic E-state index is 0.775. The zero-order valence-electron chi connectivity index (χ0n) is 8.31. The number of rotatable bonds is 5. The molecule has 1 N–H and O–H groups in total. The summed E-state index contributed by atoms with van der Waals surface area (Å²) in [7, 11) is 0. The van der Waals surface area contributed by atoms with E-state index in [9.17, 15) is 0 Å². The van der Waals surface area contributed by atoms with E-state index in [0.717, 1.165) is 11.3 Å². The number of hydrogen-bond acceptors (Lipinski definition) is 2. The van der Waals surface area contributed by atoms with Gasteiger partial charge >= 0.3 is 0 Å². The molecule has 1 aliphatic heterocycles. The maximum absolute atomic E-state index is 3.64. The molecule has 0 spiro atoms. The Morgan fingerprint density at radius 2 is 2.33 bits per heavy atom. The predicted molar refractivity (Wildman–Crippen MR) is 57.9 cm³/mol. The minimum Gasteiger partial charge on any atom is -0.313 e. The van der Waals surface area contributed by atoms with Crippen molar-refractivity contribution < 1.29 is 0 Å². The summed E-state index contributed by atoms with van der Waals surface area (Å²) in [4.78, 5) is 0. The van der Waals surface area contributed by atoms with Crippen molar-refractivity contribution in [2.75, 3.05) is 12.3 Å². The summed E-state index contributed by atoms with van der Waals surface area (Å²) in [5.41, 5.74) is 0. The number of hydrogen-bond donors (Lipinski definition) is 1. The Labute approximate surface area is 80.7 Å². The van der Waals surface area contributed by atoms with Crippen LogP contribution in [-0.4, -0.2) is 23.6 Å². The lowest BCUT2D eigenvalue weighted by molar-refractivity contribution is 0.473. The van der Waals surface area contributed by atoms with Gasteiger partial charge in [-0.2, -0.15) is 11.8 Å². The maximum Gasteiger partial charge on any atom is 0.0201 e. The van der Waals surface area contributed by atoms with Crippen LogP contribution in [0.3, 0.4) is 0 Å². The van der Waals surface area contributed by atoms with Crippen LogP contribution in [0.5, 0.6) is 0 Å². The molecule has 0 bridgehead atoms. The van der Waals surface area contributed by atoms with E-state index < -0.39 is 0 Å². The molecular weight excluding hydrogens is 166 g/mol. The van der Waals surface area contributed by atoms with E-state index >= 15 is 0 Å². The van der Waals surface area contributed by atoms with Gasteiger partial charge in [-0.05, 0) is 38.0 Å².